The number of hydrogen-bond donors (Lipinski definition) is 1. The molecule has 4 atom stereocenters. The summed E-state index contributed by atoms with van der Waals surface area (Å²) in [7, 11) is 4.49. The number of likely N-dealkylation sites (N-methyl/N-ethyl adjacent to an activating group) is 1. The molecule has 1 saturated carbocycles. The van der Waals surface area contributed by atoms with Crippen LogP contribution in [0.4, 0.5) is 0 Å². The van der Waals surface area contributed by atoms with Crippen LogP contribution < -0.4 is 0 Å². The van der Waals surface area contributed by atoms with Crippen molar-refractivity contribution in [3.63, 3.8) is 0 Å². The molecule has 1 aromatic rings. The van der Waals surface area contributed by atoms with Gasteiger partial charge >= 0.3 is 5.97 Å². The Labute approximate surface area is 150 Å². The second-order valence-corrected chi connectivity index (χ2v) is 8.72. The smallest absolute Gasteiger partial charge is 0.343 e. The summed E-state index contributed by atoms with van der Waals surface area (Å²) < 4.78 is 6.96. The highest BCUT2D eigenvalue weighted by Crippen LogP contribution is 2.46. The molecule has 1 aliphatic carbocycles. The second-order valence-electron chi connectivity index (χ2n) is 8.72. The summed E-state index contributed by atoms with van der Waals surface area (Å²) in [6.45, 7) is 0. The van der Waals surface area contributed by atoms with Gasteiger partial charge in [0.15, 0.2) is 11.7 Å². The van der Waals surface area contributed by atoms with Crippen LogP contribution in [0.5, 0.6) is 0 Å². The highest BCUT2D eigenvalue weighted by molar-refractivity contribution is 5.82. The van der Waals surface area contributed by atoms with Gasteiger partial charge in [-0.1, -0.05) is 43.2 Å². The van der Waals surface area contributed by atoms with Gasteiger partial charge in [-0.25, -0.2) is 4.79 Å². The highest BCUT2D eigenvalue weighted by Gasteiger charge is 2.58. The van der Waals surface area contributed by atoms with Crippen molar-refractivity contribution in [3.8, 4) is 0 Å². The summed E-state index contributed by atoms with van der Waals surface area (Å²) in [5, 5.41) is 11.5. The quantitative estimate of drug-likeness (QED) is 0.675. The molecule has 0 spiro atoms. The molecular formula is C21H30NO3+. The Morgan fingerprint density at radius 3 is 2.36 bits per heavy atom. The molecule has 4 nitrogen and oxygen atoms in total. The molecule has 136 valence electrons. The zero-order valence-electron chi connectivity index (χ0n) is 15.4. The van der Waals surface area contributed by atoms with E-state index in [9.17, 15) is 9.90 Å². The number of carbonyl (C=O) groups excluding carboxylic acids is 1. The summed E-state index contributed by atoms with van der Waals surface area (Å²) >= 11 is 0. The third-order valence-electron chi connectivity index (χ3n) is 7.25. The minimum absolute atomic E-state index is 0.0384. The van der Waals surface area contributed by atoms with Crippen molar-refractivity contribution in [2.24, 2.45) is 5.92 Å². The Morgan fingerprint density at radius 2 is 1.80 bits per heavy atom. The van der Waals surface area contributed by atoms with Gasteiger partial charge in [0.2, 0.25) is 0 Å². The van der Waals surface area contributed by atoms with Crippen LogP contribution in [-0.2, 0) is 15.1 Å². The monoisotopic (exact) mass is 344 g/mol. The van der Waals surface area contributed by atoms with E-state index >= 15 is 0 Å². The predicted molar refractivity (Wildman–Crippen MR) is 95.7 cm³/mol. The molecule has 3 aliphatic rings. The molecule has 4 rings (SSSR count). The van der Waals surface area contributed by atoms with Crippen LogP contribution in [0.3, 0.4) is 0 Å². The van der Waals surface area contributed by atoms with E-state index < -0.39 is 11.6 Å². The van der Waals surface area contributed by atoms with Crippen LogP contribution in [0.25, 0.3) is 0 Å². The fraction of sp³-hybridized carbons (Fsp3) is 0.667. The fourth-order valence-electron chi connectivity index (χ4n) is 5.64. The number of carbonyl (C=O) groups is 1. The molecular weight excluding hydrogens is 314 g/mol. The molecule has 2 aliphatic heterocycles. The molecule has 4 heteroatoms. The number of quaternary nitrogens is 1. The average Bonchev–Trinajstić information content (AvgIpc) is 3.30. The standard InChI is InChI=1S/C21H30NO3/c1-22(2)17-12-13-18(22)19(14-17)25-20(23)21(24,16-10-6-7-11-16)15-8-4-3-5-9-15/h3-5,8-9,16-19,24H,6-7,10-14H2,1-2H3/q+1/t17?,18-,19-,21-/m0/s1. The maximum atomic E-state index is 13.2. The van der Waals surface area contributed by atoms with Gasteiger partial charge in [0.05, 0.1) is 20.1 Å². The molecule has 2 saturated heterocycles. The summed E-state index contributed by atoms with van der Waals surface area (Å²) in [5.41, 5.74) is -0.819. The lowest BCUT2D eigenvalue weighted by molar-refractivity contribution is -0.913. The van der Waals surface area contributed by atoms with E-state index in [1.807, 2.05) is 30.3 Å². The summed E-state index contributed by atoms with van der Waals surface area (Å²) in [6.07, 6.45) is 7.13. The van der Waals surface area contributed by atoms with E-state index in [0.29, 0.717) is 17.6 Å². The van der Waals surface area contributed by atoms with E-state index in [-0.39, 0.29) is 12.0 Å². The number of benzene rings is 1. The van der Waals surface area contributed by atoms with Crippen molar-refractivity contribution in [1.29, 1.82) is 0 Å². The lowest BCUT2D eigenvalue weighted by Crippen LogP contribution is -2.49. The van der Waals surface area contributed by atoms with E-state index in [4.69, 9.17) is 4.74 Å². The second kappa shape index (κ2) is 6.10. The van der Waals surface area contributed by atoms with Crippen molar-refractivity contribution in [2.45, 2.75) is 68.7 Å². The van der Waals surface area contributed by atoms with Gasteiger partial charge in [0, 0.05) is 25.2 Å². The van der Waals surface area contributed by atoms with Crippen molar-refractivity contribution in [1.82, 2.24) is 0 Å². The Hall–Kier alpha value is -1.39. The summed E-state index contributed by atoms with van der Waals surface area (Å²) in [4.78, 5) is 13.2. The van der Waals surface area contributed by atoms with Gasteiger partial charge in [-0.3, -0.25) is 0 Å². The molecule has 1 unspecified atom stereocenters. The third-order valence-corrected chi connectivity index (χ3v) is 7.25. The number of rotatable bonds is 4. The highest BCUT2D eigenvalue weighted by atomic mass is 16.6. The van der Waals surface area contributed by atoms with Gasteiger partial charge in [-0.2, -0.15) is 0 Å². The van der Waals surface area contributed by atoms with E-state index in [0.717, 1.165) is 43.0 Å². The Morgan fingerprint density at radius 1 is 1.12 bits per heavy atom. The zero-order valence-corrected chi connectivity index (χ0v) is 15.4. The molecule has 2 heterocycles. The molecule has 3 fully saturated rings. The maximum absolute atomic E-state index is 13.2. The Bertz CT molecular complexity index is 638. The largest absolute Gasteiger partial charge is 0.453 e. The van der Waals surface area contributed by atoms with Gasteiger partial charge in [-0.05, 0) is 18.4 Å². The SMILES string of the molecule is C[N+]1(C)C2CC[C@H]1[C@@H](OC(=O)[C@](O)(c1ccccc1)C1CCCC1)C2. The number of esters is 1. The molecule has 0 aromatic heterocycles. The summed E-state index contributed by atoms with van der Waals surface area (Å²) in [5.74, 6) is -0.466. The lowest BCUT2D eigenvalue weighted by Gasteiger charge is -2.35. The van der Waals surface area contributed by atoms with Crippen molar-refractivity contribution in [2.75, 3.05) is 14.1 Å². The Balaban J connectivity index is 1.59. The number of ether oxygens (including phenoxy) is 1. The van der Waals surface area contributed by atoms with Crippen molar-refractivity contribution < 1.29 is 19.1 Å². The molecule has 25 heavy (non-hydrogen) atoms. The number of fused-ring (bicyclic) bond motifs is 2. The van der Waals surface area contributed by atoms with Gasteiger partial charge < -0.3 is 14.3 Å². The third kappa shape index (κ3) is 2.61. The van der Waals surface area contributed by atoms with Crippen LogP contribution in [0.15, 0.2) is 30.3 Å². The Kier molecular flexibility index (Phi) is 4.16. The maximum Gasteiger partial charge on any atom is 0.343 e. The first-order chi connectivity index (χ1) is 11.9. The first-order valence-corrected chi connectivity index (χ1v) is 9.76. The molecule has 0 amide bonds. The van der Waals surface area contributed by atoms with Crippen LogP contribution >= 0.6 is 0 Å². The molecule has 0 radical (unpaired) electrons. The number of nitrogens with zero attached hydrogens (tertiary/aromatic N) is 1. The lowest BCUT2D eigenvalue weighted by atomic mass is 9.80. The summed E-state index contributed by atoms with van der Waals surface area (Å²) in [6, 6.07) is 10.4. The predicted octanol–water partition coefficient (Wildman–Crippen LogP) is 2.99. The van der Waals surface area contributed by atoms with Gasteiger partial charge in [-0.15, -0.1) is 0 Å². The number of aliphatic hydroxyl groups is 1. The molecule has 1 aromatic carbocycles. The first kappa shape index (κ1) is 17.0. The minimum Gasteiger partial charge on any atom is -0.453 e. The number of hydrogen-bond acceptors (Lipinski definition) is 3. The van der Waals surface area contributed by atoms with Crippen LogP contribution in [-0.4, -0.2) is 47.8 Å². The van der Waals surface area contributed by atoms with Crippen LogP contribution in [0.1, 0.15) is 50.5 Å². The normalized spacial score (nSPS) is 33.3. The molecule has 2 bridgehead atoms. The minimum atomic E-state index is -1.50. The van der Waals surface area contributed by atoms with Crippen molar-refractivity contribution >= 4 is 5.97 Å². The van der Waals surface area contributed by atoms with Crippen LogP contribution in [0, 0.1) is 5.92 Å². The van der Waals surface area contributed by atoms with Crippen LogP contribution in [0.2, 0.25) is 0 Å². The van der Waals surface area contributed by atoms with Gasteiger partial charge in [0.25, 0.3) is 0 Å². The fourth-order valence-corrected chi connectivity index (χ4v) is 5.64. The van der Waals surface area contributed by atoms with E-state index in [1.165, 1.54) is 6.42 Å². The topological polar surface area (TPSA) is 46.5 Å². The molecule has 1 N–H and O–H groups in total. The van der Waals surface area contributed by atoms with E-state index in [2.05, 4.69) is 14.1 Å². The zero-order chi connectivity index (χ0) is 17.7. The average molecular weight is 344 g/mol. The van der Waals surface area contributed by atoms with E-state index in [1.54, 1.807) is 0 Å². The first-order valence-electron chi connectivity index (χ1n) is 9.76. The van der Waals surface area contributed by atoms with Crippen molar-refractivity contribution in [3.05, 3.63) is 35.9 Å². The van der Waals surface area contributed by atoms with Gasteiger partial charge in [0.1, 0.15) is 6.04 Å².